The van der Waals surface area contributed by atoms with Crippen molar-refractivity contribution in [1.29, 1.82) is 0 Å². The van der Waals surface area contributed by atoms with E-state index in [1.165, 1.54) is 0 Å². The lowest BCUT2D eigenvalue weighted by Crippen LogP contribution is -2.07. The van der Waals surface area contributed by atoms with Gasteiger partial charge in [0, 0.05) is 23.6 Å². The van der Waals surface area contributed by atoms with Crippen molar-refractivity contribution in [2.45, 2.75) is 13.3 Å². The van der Waals surface area contributed by atoms with Gasteiger partial charge in [-0.3, -0.25) is 9.59 Å². The minimum absolute atomic E-state index is 0.392. The summed E-state index contributed by atoms with van der Waals surface area (Å²) < 4.78 is 1.83. The van der Waals surface area contributed by atoms with Crippen molar-refractivity contribution in [3.05, 3.63) is 48.0 Å². The Bertz CT molecular complexity index is 602. The van der Waals surface area contributed by atoms with Crippen LogP contribution in [0, 0.1) is 6.92 Å². The number of nitrogens with zero attached hydrogens (tertiary/aromatic N) is 2. The third kappa shape index (κ3) is 2.45. The Morgan fingerprint density at radius 1 is 1.39 bits per heavy atom. The summed E-state index contributed by atoms with van der Waals surface area (Å²) in [5.41, 5.74) is 1.18. The number of aromatic nitrogens is 2. The topological polar surface area (TPSA) is 72.2 Å². The molecule has 0 aliphatic carbocycles. The van der Waals surface area contributed by atoms with Gasteiger partial charge in [-0.25, -0.2) is 4.98 Å². The first-order valence-corrected chi connectivity index (χ1v) is 5.43. The second-order valence-corrected chi connectivity index (χ2v) is 3.89. The first kappa shape index (κ1) is 12.0. The number of imidazole rings is 1. The highest BCUT2D eigenvalue weighted by Gasteiger charge is 2.11. The number of rotatable bonds is 4. The lowest BCUT2D eigenvalue weighted by atomic mass is 10.1. The summed E-state index contributed by atoms with van der Waals surface area (Å²) in [5, 5.41) is 8.61. The molecule has 0 aliphatic rings. The number of carboxylic acids is 1. The first-order valence-electron chi connectivity index (χ1n) is 5.43. The van der Waals surface area contributed by atoms with Gasteiger partial charge in [0.25, 0.3) is 0 Å². The van der Waals surface area contributed by atoms with Crippen LogP contribution < -0.4 is 0 Å². The number of carbonyl (C=O) groups excluding carboxylic acids is 1. The van der Waals surface area contributed by atoms with E-state index in [-0.39, 0.29) is 0 Å². The molecule has 0 bridgehead atoms. The lowest BCUT2D eigenvalue weighted by Gasteiger charge is -2.06. The van der Waals surface area contributed by atoms with Gasteiger partial charge in [0.1, 0.15) is 12.2 Å². The Labute approximate surface area is 104 Å². The van der Waals surface area contributed by atoms with Gasteiger partial charge >= 0.3 is 5.97 Å². The number of aliphatic carboxylic acids is 1. The molecule has 1 heterocycles. The van der Waals surface area contributed by atoms with Crippen LogP contribution in [0.2, 0.25) is 0 Å². The van der Waals surface area contributed by atoms with Gasteiger partial charge in [-0.05, 0) is 19.1 Å². The highest BCUT2D eigenvalue weighted by atomic mass is 16.4. The van der Waals surface area contributed by atoms with Crippen LogP contribution in [-0.4, -0.2) is 26.4 Å². The number of hydrogen-bond donors (Lipinski definition) is 1. The molecular formula is C13H12N2O3. The summed E-state index contributed by atoms with van der Waals surface area (Å²) >= 11 is 0. The fraction of sp³-hybridized carbons (Fsp3) is 0.154. The van der Waals surface area contributed by atoms with Crippen LogP contribution in [0.3, 0.4) is 0 Å². The summed E-state index contributed by atoms with van der Waals surface area (Å²) in [6.07, 6.45) is 2.96. The predicted molar refractivity (Wildman–Crippen MR) is 64.9 cm³/mol. The molecule has 2 aromatic rings. The number of Topliss-reactive ketones (excluding diaryl/α,β-unsaturated/α-hetero) is 1. The lowest BCUT2D eigenvalue weighted by molar-refractivity contribution is -0.135. The van der Waals surface area contributed by atoms with Crippen LogP contribution in [0.25, 0.3) is 5.69 Å². The molecule has 0 unspecified atom stereocenters. The van der Waals surface area contributed by atoms with Crippen molar-refractivity contribution < 1.29 is 14.7 Å². The standard InChI is InChI=1S/C13H12N2O3/c1-9-14-5-6-15(9)11-4-2-3-10(7-11)12(16)8-13(17)18/h2-7H,8H2,1H3,(H,17,18). The molecule has 18 heavy (non-hydrogen) atoms. The van der Waals surface area contributed by atoms with Gasteiger partial charge in [-0.2, -0.15) is 0 Å². The third-order valence-corrected chi connectivity index (χ3v) is 2.58. The van der Waals surface area contributed by atoms with Crippen LogP contribution >= 0.6 is 0 Å². The van der Waals surface area contributed by atoms with Gasteiger partial charge in [-0.15, -0.1) is 0 Å². The maximum Gasteiger partial charge on any atom is 0.311 e. The quantitative estimate of drug-likeness (QED) is 0.658. The van der Waals surface area contributed by atoms with Crippen LogP contribution in [0.5, 0.6) is 0 Å². The SMILES string of the molecule is Cc1nccn1-c1cccc(C(=O)CC(=O)O)c1. The number of carboxylic acid groups (broad SMARTS) is 1. The van der Waals surface area contributed by atoms with Crippen molar-refractivity contribution in [2.75, 3.05) is 0 Å². The predicted octanol–water partition coefficient (Wildman–Crippen LogP) is 1.84. The fourth-order valence-corrected chi connectivity index (χ4v) is 1.72. The molecule has 0 fully saturated rings. The number of carbonyl (C=O) groups is 2. The molecule has 5 nitrogen and oxygen atoms in total. The van der Waals surface area contributed by atoms with E-state index in [0.29, 0.717) is 5.56 Å². The summed E-state index contributed by atoms with van der Waals surface area (Å²) in [5.74, 6) is -0.718. The Hall–Kier alpha value is -2.43. The van der Waals surface area contributed by atoms with Gasteiger partial charge in [0.2, 0.25) is 0 Å². The van der Waals surface area contributed by atoms with Gasteiger partial charge in [0.05, 0.1) is 0 Å². The van der Waals surface area contributed by atoms with Crippen LogP contribution in [-0.2, 0) is 4.79 Å². The zero-order valence-electron chi connectivity index (χ0n) is 9.83. The zero-order valence-corrected chi connectivity index (χ0v) is 9.83. The molecule has 0 aliphatic heterocycles. The Morgan fingerprint density at radius 2 is 2.17 bits per heavy atom. The van der Waals surface area contributed by atoms with Gasteiger partial charge in [-0.1, -0.05) is 12.1 Å². The molecule has 1 aromatic carbocycles. The summed E-state index contributed by atoms with van der Waals surface area (Å²) in [4.78, 5) is 26.3. The minimum atomic E-state index is -1.12. The molecule has 0 radical (unpaired) electrons. The monoisotopic (exact) mass is 244 g/mol. The van der Waals surface area contributed by atoms with Crippen molar-refractivity contribution in [3.8, 4) is 5.69 Å². The van der Waals surface area contributed by atoms with E-state index >= 15 is 0 Å². The number of benzene rings is 1. The molecule has 1 N–H and O–H groups in total. The van der Waals surface area contributed by atoms with Crippen molar-refractivity contribution in [3.63, 3.8) is 0 Å². The smallest absolute Gasteiger partial charge is 0.311 e. The molecule has 0 atom stereocenters. The second-order valence-electron chi connectivity index (χ2n) is 3.89. The Balaban J connectivity index is 2.34. The van der Waals surface area contributed by atoms with E-state index in [9.17, 15) is 9.59 Å². The largest absolute Gasteiger partial charge is 0.481 e. The number of ketones is 1. The first-order chi connectivity index (χ1) is 8.58. The van der Waals surface area contributed by atoms with E-state index in [1.807, 2.05) is 17.6 Å². The fourth-order valence-electron chi connectivity index (χ4n) is 1.72. The molecular weight excluding hydrogens is 232 g/mol. The summed E-state index contributed by atoms with van der Waals surface area (Å²) in [6.45, 7) is 1.85. The second kappa shape index (κ2) is 4.83. The summed E-state index contributed by atoms with van der Waals surface area (Å²) in [7, 11) is 0. The van der Waals surface area contributed by atoms with Crippen molar-refractivity contribution >= 4 is 11.8 Å². The number of aryl methyl sites for hydroxylation is 1. The molecule has 0 saturated heterocycles. The van der Waals surface area contributed by atoms with Crippen LogP contribution in [0.1, 0.15) is 22.6 Å². The average Bonchev–Trinajstić information content (AvgIpc) is 2.75. The molecule has 2 rings (SSSR count). The summed E-state index contributed by atoms with van der Waals surface area (Å²) in [6, 6.07) is 6.84. The minimum Gasteiger partial charge on any atom is -0.481 e. The number of hydrogen-bond acceptors (Lipinski definition) is 3. The highest BCUT2D eigenvalue weighted by molar-refractivity contribution is 6.05. The van der Waals surface area contributed by atoms with Crippen LogP contribution in [0.4, 0.5) is 0 Å². The van der Waals surface area contributed by atoms with Crippen molar-refractivity contribution in [1.82, 2.24) is 9.55 Å². The molecule has 0 saturated carbocycles. The van der Waals surface area contributed by atoms with Gasteiger partial charge in [0.15, 0.2) is 5.78 Å². The molecule has 92 valence electrons. The third-order valence-electron chi connectivity index (χ3n) is 2.58. The van der Waals surface area contributed by atoms with E-state index in [1.54, 1.807) is 30.6 Å². The maximum absolute atomic E-state index is 11.7. The normalized spacial score (nSPS) is 10.3. The van der Waals surface area contributed by atoms with E-state index in [0.717, 1.165) is 11.5 Å². The Kier molecular flexibility index (Phi) is 3.23. The molecule has 0 spiro atoms. The Morgan fingerprint density at radius 3 is 2.78 bits per heavy atom. The zero-order chi connectivity index (χ0) is 13.1. The van der Waals surface area contributed by atoms with Crippen LogP contribution in [0.15, 0.2) is 36.7 Å². The van der Waals surface area contributed by atoms with E-state index < -0.39 is 18.2 Å². The average molecular weight is 244 g/mol. The van der Waals surface area contributed by atoms with E-state index in [4.69, 9.17) is 5.11 Å². The van der Waals surface area contributed by atoms with Crippen molar-refractivity contribution in [2.24, 2.45) is 0 Å². The molecule has 1 aromatic heterocycles. The molecule has 0 amide bonds. The highest BCUT2D eigenvalue weighted by Crippen LogP contribution is 2.13. The maximum atomic E-state index is 11.7. The van der Waals surface area contributed by atoms with E-state index in [2.05, 4.69) is 4.98 Å². The van der Waals surface area contributed by atoms with Gasteiger partial charge < -0.3 is 9.67 Å². The molecule has 5 heteroatoms.